The molecule has 1 aliphatic carbocycles. The van der Waals surface area contributed by atoms with E-state index in [9.17, 15) is 9.18 Å². The van der Waals surface area contributed by atoms with Gasteiger partial charge in [0, 0.05) is 13.1 Å². The topological polar surface area (TPSA) is 121 Å². The number of nitrogen functional groups attached to an aromatic ring is 1. The summed E-state index contributed by atoms with van der Waals surface area (Å²) in [4.78, 5) is 17.3. The number of ether oxygens (including phenoxy) is 1. The van der Waals surface area contributed by atoms with Crippen molar-refractivity contribution in [1.29, 1.82) is 0 Å². The minimum Gasteiger partial charge on any atom is -0.389 e. The van der Waals surface area contributed by atoms with E-state index in [1.165, 1.54) is 11.3 Å². The number of hydrogen-bond donors (Lipinski definition) is 3. The van der Waals surface area contributed by atoms with Crippen LogP contribution >= 0.6 is 11.3 Å². The molecular formula is C19H25FN6O2S. The summed E-state index contributed by atoms with van der Waals surface area (Å²) in [5.41, 5.74) is 14.4. The first kappa shape index (κ1) is 20.0. The van der Waals surface area contributed by atoms with Crippen molar-refractivity contribution in [3.8, 4) is 0 Å². The fraction of sp³-hybridized carbons (Fsp3) is 0.526. The van der Waals surface area contributed by atoms with Crippen LogP contribution in [0.15, 0.2) is 12.3 Å². The first-order valence-electron chi connectivity index (χ1n) is 9.74. The van der Waals surface area contributed by atoms with Gasteiger partial charge in [0.05, 0.1) is 24.2 Å². The van der Waals surface area contributed by atoms with Gasteiger partial charge in [0.1, 0.15) is 22.3 Å². The van der Waals surface area contributed by atoms with E-state index < -0.39 is 24.2 Å². The summed E-state index contributed by atoms with van der Waals surface area (Å²) < 4.78 is 21.2. The highest BCUT2D eigenvalue weighted by Crippen LogP contribution is 2.35. The highest BCUT2D eigenvalue weighted by atomic mass is 32.1. The van der Waals surface area contributed by atoms with E-state index in [1.807, 2.05) is 0 Å². The molecule has 2 aromatic heterocycles. The standard InChI is InChI=1S/C19H25FN6O2S/c1-26-16(14-7-6-12(21)11(20)9-28-14)13(8-23-26)24-18(27)15-17(22)29-19(25-15)10-4-2-3-5-10/h4,8,11-12,14H,2-3,5-7,9,21-22H2,1H3,(H,24,27)/t11-,12+,14-/m0/s1. The minimum atomic E-state index is -1.20. The Morgan fingerprint density at radius 1 is 1.45 bits per heavy atom. The first-order chi connectivity index (χ1) is 13.9. The Bertz CT molecular complexity index is 927. The second-order valence-electron chi connectivity index (χ2n) is 7.45. The number of carbonyl (C=O) groups excluding carboxylic acids is 1. The van der Waals surface area contributed by atoms with Crippen LogP contribution in [0.1, 0.15) is 59.4 Å². The van der Waals surface area contributed by atoms with Gasteiger partial charge >= 0.3 is 0 Å². The van der Waals surface area contributed by atoms with E-state index in [1.54, 1.807) is 17.9 Å². The van der Waals surface area contributed by atoms with E-state index in [4.69, 9.17) is 16.2 Å². The number of allylic oxidation sites excluding steroid dienone is 2. The molecule has 0 spiro atoms. The molecule has 0 unspecified atom stereocenters. The van der Waals surface area contributed by atoms with Gasteiger partial charge in [-0.1, -0.05) is 17.4 Å². The van der Waals surface area contributed by atoms with Gasteiger partial charge in [-0.25, -0.2) is 9.37 Å². The molecule has 5 N–H and O–H groups in total. The van der Waals surface area contributed by atoms with Gasteiger partial charge in [-0.15, -0.1) is 0 Å². The number of nitrogens with zero attached hydrogens (tertiary/aromatic N) is 3. The quantitative estimate of drug-likeness (QED) is 0.699. The third-order valence-electron chi connectivity index (χ3n) is 5.41. The number of rotatable bonds is 4. The van der Waals surface area contributed by atoms with Gasteiger partial charge in [0.25, 0.3) is 5.91 Å². The number of thiazole rings is 1. The first-order valence-corrected chi connectivity index (χ1v) is 10.6. The second-order valence-corrected chi connectivity index (χ2v) is 8.48. The summed E-state index contributed by atoms with van der Waals surface area (Å²) in [5, 5.41) is 8.27. The lowest BCUT2D eigenvalue weighted by Gasteiger charge is -2.17. The van der Waals surface area contributed by atoms with Crippen LogP contribution in [0.4, 0.5) is 15.1 Å². The summed E-state index contributed by atoms with van der Waals surface area (Å²) in [6.45, 7) is -0.0814. The monoisotopic (exact) mass is 420 g/mol. The van der Waals surface area contributed by atoms with Crippen LogP contribution in [0, 0.1) is 0 Å². The summed E-state index contributed by atoms with van der Waals surface area (Å²) in [7, 11) is 1.76. The van der Waals surface area contributed by atoms with Crippen LogP contribution in [-0.2, 0) is 11.8 Å². The summed E-state index contributed by atoms with van der Waals surface area (Å²) in [6.07, 6.45) is 6.20. The zero-order chi connectivity index (χ0) is 20.5. The van der Waals surface area contributed by atoms with Gasteiger partial charge in [0.2, 0.25) is 0 Å². The molecule has 1 amide bonds. The third kappa shape index (κ3) is 4.05. The number of nitrogens with one attached hydrogen (secondary N) is 1. The largest absolute Gasteiger partial charge is 0.389 e. The molecule has 3 heterocycles. The maximum absolute atomic E-state index is 13.9. The Kier molecular flexibility index (Phi) is 5.66. The van der Waals surface area contributed by atoms with Crippen molar-refractivity contribution < 1.29 is 13.9 Å². The molecule has 10 heteroatoms. The maximum Gasteiger partial charge on any atom is 0.277 e. The molecule has 1 fully saturated rings. The van der Waals surface area contributed by atoms with E-state index >= 15 is 0 Å². The Hall–Kier alpha value is -2.30. The molecular weight excluding hydrogens is 395 g/mol. The minimum absolute atomic E-state index is 0.0814. The lowest BCUT2D eigenvalue weighted by molar-refractivity contribution is 0.0247. The van der Waals surface area contributed by atoms with E-state index in [0.29, 0.717) is 29.2 Å². The number of nitrogens with two attached hydrogens (primary N) is 2. The second kappa shape index (κ2) is 8.21. The molecule has 3 atom stereocenters. The molecule has 4 rings (SSSR count). The van der Waals surface area contributed by atoms with Crippen LogP contribution in [0.5, 0.6) is 0 Å². The van der Waals surface area contributed by atoms with Crippen molar-refractivity contribution in [3.63, 3.8) is 0 Å². The van der Waals surface area contributed by atoms with E-state index in [2.05, 4.69) is 21.5 Å². The average Bonchev–Trinajstić information content (AvgIpc) is 3.40. The normalized spacial score (nSPS) is 24.9. The summed E-state index contributed by atoms with van der Waals surface area (Å²) in [6, 6.07) is -0.551. The van der Waals surface area contributed by atoms with Crippen molar-refractivity contribution in [3.05, 3.63) is 28.7 Å². The molecule has 1 aliphatic heterocycles. The Labute approximate surface area is 172 Å². The zero-order valence-corrected chi connectivity index (χ0v) is 17.0. The Morgan fingerprint density at radius 3 is 3.03 bits per heavy atom. The molecule has 2 aromatic rings. The van der Waals surface area contributed by atoms with E-state index in [-0.39, 0.29) is 12.3 Å². The fourth-order valence-electron chi connectivity index (χ4n) is 3.76. The average molecular weight is 421 g/mol. The highest BCUT2D eigenvalue weighted by Gasteiger charge is 2.30. The number of halogens is 1. The zero-order valence-electron chi connectivity index (χ0n) is 16.2. The predicted octanol–water partition coefficient (Wildman–Crippen LogP) is 2.80. The molecule has 29 heavy (non-hydrogen) atoms. The predicted molar refractivity (Wildman–Crippen MR) is 110 cm³/mol. The maximum atomic E-state index is 13.9. The molecule has 2 aliphatic rings. The Morgan fingerprint density at radius 2 is 2.28 bits per heavy atom. The molecule has 8 nitrogen and oxygen atoms in total. The fourth-order valence-corrected chi connectivity index (χ4v) is 4.66. The van der Waals surface area contributed by atoms with Crippen LogP contribution in [0.25, 0.3) is 5.57 Å². The van der Waals surface area contributed by atoms with Gasteiger partial charge in [-0.3, -0.25) is 9.48 Å². The number of aryl methyl sites for hydroxylation is 1. The molecule has 1 saturated heterocycles. The number of carbonyl (C=O) groups is 1. The van der Waals surface area contributed by atoms with Crippen molar-refractivity contribution in [1.82, 2.24) is 14.8 Å². The molecule has 0 bridgehead atoms. The number of alkyl halides is 1. The van der Waals surface area contributed by atoms with Gasteiger partial charge in [-0.2, -0.15) is 5.10 Å². The van der Waals surface area contributed by atoms with Gasteiger partial charge < -0.3 is 21.5 Å². The lowest BCUT2D eigenvalue weighted by atomic mass is 10.0. The smallest absolute Gasteiger partial charge is 0.277 e. The van der Waals surface area contributed by atoms with Gasteiger partial charge in [-0.05, 0) is 37.7 Å². The van der Waals surface area contributed by atoms with Gasteiger partial charge in [0.15, 0.2) is 5.69 Å². The summed E-state index contributed by atoms with van der Waals surface area (Å²) >= 11 is 1.33. The number of aromatic nitrogens is 3. The number of amides is 1. The van der Waals surface area contributed by atoms with Crippen molar-refractivity contribution >= 4 is 33.5 Å². The van der Waals surface area contributed by atoms with Crippen LogP contribution in [0.2, 0.25) is 0 Å². The molecule has 156 valence electrons. The molecule has 0 aromatic carbocycles. The van der Waals surface area contributed by atoms with Crippen LogP contribution in [-0.4, -0.2) is 39.5 Å². The Balaban J connectivity index is 1.54. The van der Waals surface area contributed by atoms with E-state index in [0.717, 1.165) is 29.8 Å². The summed E-state index contributed by atoms with van der Waals surface area (Å²) in [5.74, 6) is -0.397. The van der Waals surface area contributed by atoms with Crippen molar-refractivity contribution in [2.24, 2.45) is 12.8 Å². The van der Waals surface area contributed by atoms with Crippen LogP contribution in [0.3, 0.4) is 0 Å². The highest BCUT2D eigenvalue weighted by molar-refractivity contribution is 7.17. The molecule has 0 saturated carbocycles. The number of anilines is 2. The van der Waals surface area contributed by atoms with Crippen LogP contribution < -0.4 is 16.8 Å². The van der Waals surface area contributed by atoms with Crippen molar-refractivity contribution in [2.75, 3.05) is 17.7 Å². The SMILES string of the molecule is Cn1ncc(NC(=O)c2nc(C3=CCCC3)sc2N)c1[C@@H]1CC[C@@H](N)[C@@H](F)CO1. The van der Waals surface area contributed by atoms with Crippen molar-refractivity contribution in [2.45, 2.75) is 50.4 Å². The lowest BCUT2D eigenvalue weighted by Crippen LogP contribution is -2.32. The number of hydrogen-bond acceptors (Lipinski definition) is 7. The molecule has 0 radical (unpaired) electrons. The third-order valence-corrected chi connectivity index (χ3v) is 6.37.